The molecule has 1 rings (SSSR count). The number of nitrogens with zero attached hydrogens (tertiary/aromatic N) is 5. The van der Waals surface area contributed by atoms with E-state index in [1.165, 1.54) is 199 Å². The number of likely N-dealkylation sites (N-methyl/N-ethyl adjacent to an activating group) is 1. The van der Waals surface area contributed by atoms with Gasteiger partial charge in [-0.3, -0.25) is 19.6 Å². The SMILES string of the molecule is CCCCCCCCCCCCC(O)CN(CCN(CC)CCN1CCN(CCN(CC(O)CCCCCCCCCC)CC(CO)CCCCCCCCCC)CC1)CC(O)CCCCCCCCCC. The maximum Gasteiger partial charge on any atom is 0.0667 e. The van der Waals surface area contributed by atoms with Crippen LogP contribution in [0, 0.1) is 5.92 Å². The molecule has 1 saturated heterocycles. The van der Waals surface area contributed by atoms with Gasteiger partial charge in [0.2, 0.25) is 0 Å². The molecule has 1 aliphatic heterocycles. The van der Waals surface area contributed by atoms with Crippen LogP contribution >= 0.6 is 0 Å². The quantitative estimate of drug-likeness (QED) is 0.0444. The van der Waals surface area contributed by atoms with Gasteiger partial charge in [-0.25, -0.2) is 0 Å². The number of hydrogen-bond acceptors (Lipinski definition) is 9. The Labute approximate surface area is 450 Å². The molecule has 4 atom stereocenters. The zero-order valence-electron chi connectivity index (χ0n) is 49.5. The number of piperazine rings is 1. The van der Waals surface area contributed by atoms with Crippen LogP contribution in [0.4, 0.5) is 0 Å². The van der Waals surface area contributed by atoms with Crippen molar-refractivity contribution in [1.82, 2.24) is 24.5 Å². The van der Waals surface area contributed by atoms with Gasteiger partial charge in [-0.1, -0.05) is 253 Å². The van der Waals surface area contributed by atoms with E-state index >= 15 is 0 Å². The Morgan fingerprint density at radius 1 is 0.319 bits per heavy atom. The van der Waals surface area contributed by atoms with Crippen LogP contribution in [0.25, 0.3) is 0 Å². The smallest absolute Gasteiger partial charge is 0.0667 e. The molecule has 1 aliphatic rings. The van der Waals surface area contributed by atoms with Gasteiger partial charge in [-0.2, -0.15) is 0 Å². The van der Waals surface area contributed by atoms with Crippen molar-refractivity contribution < 1.29 is 20.4 Å². The number of aliphatic hydroxyl groups excluding tert-OH is 4. The molecular formula is C63H131N5O4. The summed E-state index contributed by atoms with van der Waals surface area (Å²) in [5, 5.41) is 44.2. The van der Waals surface area contributed by atoms with E-state index in [1.54, 1.807) is 0 Å². The second-order valence-electron chi connectivity index (χ2n) is 23.4. The fourth-order valence-electron chi connectivity index (χ4n) is 11.3. The predicted molar refractivity (Wildman–Crippen MR) is 315 cm³/mol. The second-order valence-corrected chi connectivity index (χ2v) is 23.4. The average Bonchev–Trinajstić information content (AvgIpc) is 3.38. The van der Waals surface area contributed by atoms with Gasteiger partial charge in [0.15, 0.2) is 0 Å². The summed E-state index contributed by atoms with van der Waals surface area (Å²) in [6, 6.07) is 0. The summed E-state index contributed by atoms with van der Waals surface area (Å²) in [5.41, 5.74) is 0. The van der Waals surface area contributed by atoms with Crippen molar-refractivity contribution >= 4 is 0 Å². The summed E-state index contributed by atoms with van der Waals surface area (Å²) >= 11 is 0. The maximum absolute atomic E-state index is 11.3. The second kappa shape index (κ2) is 52.7. The summed E-state index contributed by atoms with van der Waals surface area (Å²) in [6.07, 6.45) is 47.1. The first-order valence-electron chi connectivity index (χ1n) is 32.5. The highest BCUT2D eigenvalue weighted by molar-refractivity contribution is 4.78. The summed E-state index contributed by atoms with van der Waals surface area (Å²) in [6.45, 7) is 26.0. The Morgan fingerprint density at radius 3 is 0.889 bits per heavy atom. The Balaban J connectivity index is 2.66. The van der Waals surface area contributed by atoms with Crippen LogP contribution in [0.5, 0.6) is 0 Å². The van der Waals surface area contributed by atoms with E-state index in [4.69, 9.17) is 0 Å². The molecule has 0 aromatic carbocycles. The number of rotatable bonds is 57. The van der Waals surface area contributed by atoms with Crippen molar-refractivity contribution in [2.75, 3.05) is 105 Å². The van der Waals surface area contributed by atoms with Gasteiger partial charge in [-0.15, -0.1) is 0 Å². The zero-order chi connectivity index (χ0) is 52.4. The molecule has 72 heavy (non-hydrogen) atoms. The van der Waals surface area contributed by atoms with Crippen LogP contribution in [0.1, 0.15) is 279 Å². The summed E-state index contributed by atoms with van der Waals surface area (Å²) in [4.78, 5) is 12.8. The van der Waals surface area contributed by atoms with E-state index in [0.29, 0.717) is 13.1 Å². The van der Waals surface area contributed by atoms with Crippen molar-refractivity contribution in [2.24, 2.45) is 5.92 Å². The van der Waals surface area contributed by atoms with Crippen LogP contribution in [-0.4, -0.2) is 168 Å². The molecule has 0 aromatic heterocycles. The monoisotopic (exact) mass is 1020 g/mol. The molecule has 9 heteroatoms. The van der Waals surface area contributed by atoms with Crippen molar-refractivity contribution in [1.29, 1.82) is 0 Å². The van der Waals surface area contributed by atoms with Gasteiger partial charge in [0.25, 0.3) is 0 Å². The minimum absolute atomic E-state index is 0.245. The highest BCUT2D eigenvalue weighted by atomic mass is 16.3. The number of aliphatic hydroxyl groups is 4. The lowest BCUT2D eigenvalue weighted by Crippen LogP contribution is -2.51. The molecule has 0 radical (unpaired) electrons. The Morgan fingerprint density at radius 2 is 0.583 bits per heavy atom. The normalized spacial score (nSPS) is 15.7. The molecule has 9 nitrogen and oxygen atoms in total. The molecule has 0 spiro atoms. The molecular weight excluding hydrogens is 891 g/mol. The first-order chi connectivity index (χ1) is 35.3. The Kier molecular flexibility index (Phi) is 51.0. The summed E-state index contributed by atoms with van der Waals surface area (Å²) < 4.78 is 0. The molecule has 1 fully saturated rings. The van der Waals surface area contributed by atoms with E-state index in [1.807, 2.05) is 0 Å². The first-order valence-corrected chi connectivity index (χ1v) is 32.5. The minimum Gasteiger partial charge on any atom is -0.396 e. The standard InChI is InChI=1S/C63H131N5O4/c1-6-11-15-19-23-27-28-32-36-40-44-63(72)58-68(57-62(71)43-39-35-31-26-22-18-14-9-4)53-46-64(10-5)45-47-65-48-50-66(51-49-65)52-54-67(56-61(70)42-38-34-30-25-21-17-13-8-3)55-60(59-69)41-37-33-29-24-20-16-12-7-2/h60-63,69-72H,6-59H2,1-5H3. The van der Waals surface area contributed by atoms with E-state index in [-0.39, 0.29) is 30.8 Å². The third-order valence-corrected chi connectivity index (χ3v) is 16.4. The highest BCUT2D eigenvalue weighted by Crippen LogP contribution is 2.18. The number of unbranched alkanes of at least 4 members (excludes halogenated alkanes) is 30. The fraction of sp³-hybridized carbons (Fsp3) is 1.00. The van der Waals surface area contributed by atoms with Gasteiger partial charge in [0.05, 0.1) is 18.3 Å². The summed E-state index contributed by atoms with van der Waals surface area (Å²) in [7, 11) is 0. The Hall–Kier alpha value is -0.360. The lowest BCUT2D eigenvalue weighted by Gasteiger charge is -2.37. The molecule has 0 aromatic rings. The topological polar surface area (TPSA) is 97.1 Å². The third kappa shape index (κ3) is 43.7. The van der Waals surface area contributed by atoms with E-state index < -0.39 is 0 Å². The van der Waals surface area contributed by atoms with Gasteiger partial charge in [-0.05, 0) is 38.1 Å². The molecule has 1 heterocycles. The molecule has 0 amide bonds. The van der Waals surface area contributed by atoms with Crippen molar-refractivity contribution in [3.05, 3.63) is 0 Å². The lowest BCUT2D eigenvalue weighted by atomic mass is 9.99. The van der Waals surface area contributed by atoms with Crippen LogP contribution < -0.4 is 0 Å². The van der Waals surface area contributed by atoms with Gasteiger partial charge < -0.3 is 25.3 Å². The van der Waals surface area contributed by atoms with Gasteiger partial charge in [0, 0.05) is 98.2 Å². The molecule has 432 valence electrons. The maximum atomic E-state index is 11.3. The molecule has 0 bridgehead atoms. The van der Waals surface area contributed by atoms with Gasteiger partial charge >= 0.3 is 0 Å². The summed E-state index contributed by atoms with van der Waals surface area (Å²) in [5.74, 6) is 0.287. The van der Waals surface area contributed by atoms with Crippen molar-refractivity contribution in [3.63, 3.8) is 0 Å². The highest BCUT2D eigenvalue weighted by Gasteiger charge is 2.22. The van der Waals surface area contributed by atoms with E-state index in [0.717, 1.165) is 130 Å². The molecule has 0 aliphatic carbocycles. The van der Waals surface area contributed by atoms with Crippen LogP contribution in [0.3, 0.4) is 0 Å². The Bertz CT molecular complexity index is 1070. The van der Waals surface area contributed by atoms with Crippen molar-refractivity contribution in [2.45, 2.75) is 297 Å². The van der Waals surface area contributed by atoms with Crippen LogP contribution in [0.15, 0.2) is 0 Å². The van der Waals surface area contributed by atoms with E-state index in [9.17, 15) is 20.4 Å². The molecule has 4 unspecified atom stereocenters. The molecule has 0 saturated carbocycles. The zero-order valence-corrected chi connectivity index (χ0v) is 49.5. The largest absolute Gasteiger partial charge is 0.396 e. The van der Waals surface area contributed by atoms with Gasteiger partial charge in [0.1, 0.15) is 0 Å². The van der Waals surface area contributed by atoms with Crippen molar-refractivity contribution in [3.8, 4) is 0 Å². The molecule has 4 N–H and O–H groups in total. The van der Waals surface area contributed by atoms with Crippen LogP contribution in [0.2, 0.25) is 0 Å². The minimum atomic E-state index is -0.326. The first kappa shape index (κ1) is 69.7. The lowest BCUT2D eigenvalue weighted by molar-refractivity contribution is 0.0529. The number of hydrogen-bond donors (Lipinski definition) is 4. The average molecular weight is 1020 g/mol. The van der Waals surface area contributed by atoms with E-state index in [2.05, 4.69) is 59.1 Å². The fourth-order valence-corrected chi connectivity index (χ4v) is 11.3. The predicted octanol–water partition coefficient (Wildman–Crippen LogP) is 14.1. The third-order valence-electron chi connectivity index (χ3n) is 16.4. The van der Waals surface area contributed by atoms with Crippen LogP contribution in [-0.2, 0) is 0 Å².